The molecule has 0 atom stereocenters. The van der Waals surface area contributed by atoms with Crippen LogP contribution in [0.25, 0.3) is 0 Å². The lowest BCUT2D eigenvalue weighted by Crippen LogP contribution is -2.37. The lowest BCUT2D eigenvalue weighted by Gasteiger charge is -2.32. The molecule has 2 heteroatoms. The Morgan fingerprint density at radius 1 is 1.13 bits per heavy atom. The van der Waals surface area contributed by atoms with E-state index in [-0.39, 0.29) is 5.54 Å². The summed E-state index contributed by atoms with van der Waals surface area (Å²) in [6, 6.07) is 8.38. The van der Waals surface area contributed by atoms with Gasteiger partial charge in [0.05, 0.1) is 0 Å². The van der Waals surface area contributed by atoms with Gasteiger partial charge in [0.25, 0.3) is 0 Å². The highest BCUT2D eigenvalue weighted by molar-refractivity contribution is 5.26. The number of benzene rings is 1. The van der Waals surface area contributed by atoms with Crippen LogP contribution in [0.3, 0.4) is 0 Å². The van der Waals surface area contributed by atoms with Crippen LogP contribution in [-0.2, 0) is 13.1 Å². The van der Waals surface area contributed by atoms with Crippen molar-refractivity contribution in [2.24, 2.45) is 5.73 Å². The SMILES string of the molecule is CN(Cc1ccccc1CN)C(C)(C)C. The number of nitrogens with zero attached hydrogens (tertiary/aromatic N) is 1. The van der Waals surface area contributed by atoms with Gasteiger partial charge in [0, 0.05) is 18.6 Å². The highest BCUT2D eigenvalue weighted by Gasteiger charge is 2.17. The molecule has 1 aromatic carbocycles. The molecule has 1 rings (SSSR count). The van der Waals surface area contributed by atoms with E-state index >= 15 is 0 Å². The van der Waals surface area contributed by atoms with Crippen molar-refractivity contribution in [2.45, 2.75) is 39.4 Å². The Morgan fingerprint density at radius 3 is 2.13 bits per heavy atom. The molecule has 1 aromatic rings. The standard InChI is InChI=1S/C13H22N2/c1-13(2,3)15(4)10-12-8-6-5-7-11(12)9-14/h5-8H,9-10,14H2,1-4H3. The molecule has 84 valence electrons. The highest BCUT2D eigenvalue weighted by Crippen LogP contribution is 2.17. The summed E-state index contributed by atoms with van der Waals surface area (Å²) in [6.45, 7) is 8.24. The number of hydrogen-bond donors (Lipinski definition) is 1. The van der Waals surface area contributed by atoms with Gasteiger partial charge in [-0.1, -0.05) is 24.3 Å². The third-order valence-electron chi connectivity index (χ3n) is 2.89. The zero-order valence-corrected chi connectivity index (χ0v) is 10.2. The second-order valence-electron chi connectivity index (χ2n) is 5.00. The molecule has 0 saturated heterocycles. The minimum atomic E-state index is 0.196. The van der Waals surface area contributed by atoms with Crippen LogP contribution < -0.4 is 5.73 Å². The normalized spacial score (nSPS) is 12.1. The lowest BCUT2D eigenvalue weighted by molar-refractivity contribution is 0.167. The van der Waals surface area contributed by atoms with Crippen molar-refractivity contribution in [3.05, 3.63) is 35.4 Å². The molecule has 0 radical (unpaired) electrons. The average Bonchev–Trinajstić information content (AvgIpc) is 2.17. The average molecular weight is 206 g/mol. The fourth-order valence-corrected chi connectivity index (χ4v) is 1.40. The summed E-state index contributed by atoms with van der Waals surface area (Å²) in [5.41, 5.74) is 8.49. The van der Waals surface area contributed by atoms with Crippen LogP contribution in [0.15, 0.2) is 24.3 Å². The molecular weight excluding hydrogens is 184 g/mol. The third-order valence-corrected chi connectivity index (χ3v) is 2.89. The van der Waals surface area contributed by atoms with E-state index in [0.29, 0.717) is 6.54 Å². The van der Waals surface area contributed by atoms with Gasteiger partial charge in [-0.15, -0.1) is 0 Å². The van der Waals surface area contributed by atoms with Gasteiger partial charge >= 0.3 is 0 Å². The molecule has 0 amide bonds. The van der Waals surface area contributed by atoms with Crippen molar-refractivity contribution in [2.75, 3.05) is 7.05 Å². The molecule has 0 saturated carbocycles. The maximum atomic E-state index is 5.72. The first-order valence-corrected chi connectivity index (χ1v) is 5.43. The third kappa shape index (κ3) is 3.33. The van der Waals surface area contributed by atoms with E-state index in [0.717, 1.165) is 6.54 Å². The first kappa shape index (κ1) is 12.2. The molecule has 2 N–H and O–H groups in total. The van der Waals surface area contributed by atoms with E-state index in [4.69, 9.17) is 5.73 Å². The Hall–Kier alpha value is -0.860. The van der Waals surface area contributed by atoms with Gasteiger partial charge in [0.2, 0.25) is 0 Å². The minimum absolute atomic E-state index is 0.196. The second kappa shape index (κ2) is 4.77. The number of rotatable bonds is 3. The van der Waals surface area contributed by atoms with Gasteiger partial charge in [-0.25, -0.2) is 0 Å². The fraction of sp³-hybridized carbons (Fsp3) is 0.538. The van der Waals surface area contributed by atoms with Crippen molar-refractivity contribution < 1.29 is 0 Å². The topological polar surface area (TPSA) is 29.3 Å². The quantitative estimate of drug-likeness (QED) is 0.822. The Labute approximate surface area is 93.1 Å². The van der Waals surface area contributed by atoms with Crippen molar-refractivity contribution in [1.29, 1.82) is 0 Å². The molecular formula is C13H22N2. The lowest BCUT2D eigenvalue weighted by atomic mass is 10.0. The zero-order valence-electron chi connectivity index (χ0n) is 10.2. The zero-order chi connectivity index (χ0) is 11.5. The van der Waals surface area contributed by atoms with Crippen LogP contribution in [0, 0.1) is 0 Å². The molecule has 2 nitrogen and oxygen atoms in total. The van der Waals surface area contributed by atoms with Crippen molar-refractivity contribution in [3.63, 3.8) is 0 Å². The summed E-state index contributed by atoms with van der Waals surface area (Å²) in [5.74, 6) is 0. The molecule has 0 unspecified atom stereocenters. The monoisotopic (exact) mass is 206 g/mol. The van der Waals surface area contributed by atoms with Crippen LogP contribution >= 0.6 is 0 Å². The molecule has 0 aliphatic rings. The summed E-state index contributed by atoms with van der Waals surface area (Å²) < 4.78 is 0. The maximum Gasteiger partial charge on any atom is 0.0239 e. The van der Waals surface area contributed by atoms with Crippen molar-refractivity contribution in [3.8, 4) is 0 Å². The van der Waals surface area contributed by atoms with E-state index in [2.05, 4.69) is 50.9 Å². The summed E-state index contributed by atoms with van der Waals surface area (Å²) in [7, 11) is 2.15. The molecule has 0 heterocycles. The Morgan fingerprint density at radius 2 is 1.67 bits per heavy atom. The van der Waals surface area contributed by atoms with Crippen LogP contribution in [0.4, 0.5) is 0 Å². The van der Waals surface area contributed by atoms with E-state index in [1.54, 1.807) is 0 Å². The van der Waals surface area contributed by atoms with E-state index in [1.165, 1.54) is 11.1 Å². The van der Waals surface area contributed by atoms with Gasteiger partial charge in [0.15, 0.2) is 0 Å². The van der Waals surface area contributed by atoms with Crippen LogP contribution in [0.5, 0.6) is 0 Å². The van der Waals surface area contributed by atoms with Crippen molar-refractivity contribution >= 4 is 0 Å². The molecule has 0 spiro atoms. The molecule has 0 aromatic heterocycles. The van der Waals surface area contributed by atoms with Gasteiger partial charge in [-0.2, -0.15) is 0 Å². The van der Waals surface area contributed by atoms with Crippen LogP contribution in [-0.4, -0.2) is 17.5 Å². The predicted molar refractivity (Wildman–Crippen MR) is 65.6 cm³/mol. The smallest absolute Gasteiger partial charge is 0.0239 e. The second-order valence-corrected chi connectivity index (χ2v) is 5.00. The van der Waals surface area contributed by atoms with Gasteiger partial charge < -0.3 is 5.73 Å². The molecule has 0 fully saturated rings. The first-order valence-electron chi connectivity index (χ1n) is 5.43. The van der Waals surface area contributed by atoms with E-state index in [9.17, 15) is 0 Å². The number of nitrogens with two attached hydrogens (primary N) is 1. The van der Waals surface area contributed by atoms with E-state index in [1.807, 2.05) is 6.07 Å². The summed E-state index contributed by atoms with van der Waals surface area (Å²) in [6.07, 6.45) is 0. The van der Waals surface area contributed by atoms with E-state index < -0.39 is 0 Å². The Bertz CT molecular complexity index is 313. The molecule has 15 heavy (non-hydrogen) atoms. The van der Waals surface area contributed by atoms with Gasteiger partial charge in [-0.05, 0) is 38.9 Å². The van der Waals surface area contributed by atoms with Crippen molar-refractivity contribution in [1.82, 2.24) is 4.90 Å². The van der Waals surface area contributed by atoms with Gasteiger partial charge in [-0.3, -0.25) is 4.90 Å². The molecule has 0 bridgehead atoms. The summed E-state index contributed by atoms with van der Waals surface area (Å²) >= 11 is 0. The minimum Gasteiger partial charge on any atom is -0.326 e. The largest absolute Gasteiger partial charge is 0.326 e. The van der Waals surface area contributed by atoms with Crippen LogP contribution in [0.2, 0.25) is 0 Å². The fourth-order valence-electron chi connectivity index (χ4n) is 1.40. The predicted octanol–water partition coefficient (Wildman–Crippen LogP) is 2.38. The highest BCUT2D eigenvalue weighted by atomic mass is 15.1. The first-order chi connectivity index (χ1) is 6.95. The Balaban J connectivity index is 2.80. The Kier molecular flexibility index (Phi) is 3.89. The summed E-state index contributed by atoms with van der Waals surface area (Å²) in [5, 5.41) is 0. The van der Waals surface area contributed by atoms with Gasteiger partial charge in [0.1, 0.15) is 0 Å². The molecule has 0 aliphatic carbocycles. The summed E-state index contributed by atoms with van der Waals surface area (Å²) in [4.78, 5) is 2.33. The molecule has 0 aliphatic heterocycles. The van der Waals surface area contributed by atoms with Crippen LogP contribution in [0.1, 0.15) is 31.9 Å². The maximum absolute atomic E-state index is 5.72. The number of hydrogen-bond acceptors (Lipinski definition) is 2.